The molecule has 0 saturated carbocycles. The molecular formula is C15H21NO4S. The molecule has 0 bridgehead atoms. The van der Waals surface area contributed by atoms with E-state index in [1.807, 2.05) is 6.92 Å². The number of rotatable bonds is 5. The maximum absolute atomic E-state index is 12.6. The lowest BCUT2D eigenvalue weighted by Crippen LogP contribution is -2.30. The van der Waals surface area contributed by atoms with Gasteiger partial charge >= 0.3 is 0 Å². The maximum atomic E-state index is 12.6. The molecule has 1 rings (SSSR count). The summed E-state index contributed by atoms with van der Waals surface area (Å²) in [6.07, 6.45) is -0.200. The second kappa shape index (κ2) is 7.57. The van der Waals surface area contributed by atoms with Crippen molar-refractivity contribution in [3.05, 3.63) is 29.3 Å². The zero-order valence-electron chi connectivity index (χ0n) is 12.5. The maximum Gasteiger partial charge on any atom is 0.244 e. The van der Waals surface area contributed by atoms with Crippen molar-refractivity contribution in [3.8, 4) is 11.8 Å². The predicted molar refractivity (Wildman–Crippen MR) is 81.3 cm³/mol. The van der Waals surface area contributed by atoms with Crippen LogP contribution in [0.1, 0.15) is 24.5 Å². The largest absolute Gasteiger partial charge is 0.393 e. The standard InChI is InChI=1S/C15H21NO4S/c1-12-6-7-15(14(11-12)5-4-10-17)21(19,20)16(3)9-8-13(2)18/h6-7,11,13,17-18H,8-10H2,1-3H3. The highest BCUT2D eigenvalue weighted by Crippen LogP contribution is 2.20. The molecule has 5 nitrogen and oxygen atoms in total. The molecule has 0 radical (unpaired) electrons. The van der Waals surface area contributed by atoms with Crippen molar-refractivity contribution in [3.63, 3.8) is 0 Å². The number of aryl methyl sites for hydroxylation is 1. The molecule has 0 saturated heterocycles. The highest BCUT2D eigenvalue weighted by molar-refractivity contribution is 7.89. The molecule has 0 aliphatic heterocycles. The molecule has 6 heteroatoms. The van der Waals surface area contributed by atoms with E-state index < -0.39 is 16.1 Å². The number of aliphatic hydroxyl groups is 2. The van der Waals surface area contributed by atoms with Crippen LogP contribution in [0.3, 0.4) is 0 Å². The van der Waals surface area contributed by atoms with Gasteiger partial charge in [-0.1, -0.05) is 17.9 Å². The Hall–Kier alpha value is -1.39. The van der Waals surface area contributed by atoms with Gasteiger partial charge in [0.25, 0.3) is 0 Å². The third kappa shape index (κ3) is 4.83. The molecule has 0 aromatic heterocycles. The van der Waals surface area contributed by atoms with E-state index in [4.69, 9.17) is 5.11 Å². The summed E-state index contributed by atoms with van der Waals surface area (Å²) in [5.74, 6) is 5.15. The van der Waals surface area contributed by atoms with E-state index in [-0.39, 0.29) is 18.0 Å². The second-order valence-corrected chi connectivity index (χ2v) is 6.94. The summed E-state index contributed by atoms with van der Waals surface area (Å²) in [6, 6.07) is 4.91. The van der Waals surface area contributed by atoms with Gasteiger partial charge in [-0.2, -0.15) is 0 Å². The molecule has 0 amide bonds. The Morgan fingerprint density at radius 1 is 1.38 bits per heavy atom. The fraction of sp³-hybridized carbons (Fsp3) is 0.467. The smallest absolute Gasteiger partial charge is 0.244 e. The third-order valence-electron chi connectivity index (χ3n) is 2.99. The van der Waals surface area contributed by atoms with Crippen molar-refractivity contribution in [2.75, 3.05) is 20.2 Å². The van der Waals surface area contributed by atoms with Crippen molar-refractivity contribution in [1.82, 2.24) is 4.31 Å². The van der Waals surface area contributed by atoms with Crippen LogP contribution in [0.4, 0.5) is 0 Å². The summed E-state index contributed by atoms with van der Waals surface area (Å²) in [4.78, 5) is 0.113. The average Bonchev–Trinajstić information content (AvgIpc) is 2.42. The zero-order chi connectivity index (χ0) is 16.0. The van der Waals surface area contributed by atoms with Gasteiger partial charge in [0.05, 0.1) is 11.0 Å². The average molecular weight is 311 g/mol. The Balaban J connectivity index is 3.18. The van der Waals surface area contributed by atoms with Gasteiger partial charge in [0.1, 0.15) is 6.61 Å². The Kier molecular flexibility index (Phi) is 6.37. The van der Waals surface area contributed by atoms with E-state index in [0.29, 0.717) is 12.0 Å². The second-order valence-electron chi connectivity index (χ2n) is 4.92. The molecule has 0 aliphatic carbocycles. The van der Waals surface area contributed by atoms with E-state index in [9.17, 15) is 13.5 Å². The molecule has 21 heavy (non-hydrogen) atoms. The molecular weight excluding hydrogens is 290 g/mol. The van der Waals surface area contributed by atoms with Gasteiger partial charge in [0.2, 0.25) is 10.0 Å². The summed E-state index contributed by atoms with van der Waals surface area (Å²) in [5.41, 5.74) is 1.26. The molecule has 0 spiro atoms. The number of benzene rings is 1. The summed E-state index contributed by atoms with van der Waals surface area (Å²) in [5, 5.41) is 18.1. The Labute approximate surface area is 126 Å². The van der Waals surface area contributed by atoms with Gasteiger partial charge in [0.15, 0.2) is 0 Å². The summed E-state index contributed by atoms with van der Waals surface area (Å²) in [6.45, 7) is 3.36. The lowest BCUT2D eigenvalue weighted by Gasteiger charge is -2.19. The summed E-state index contributed by atoms with van der Waals surface area (Å²) < 4.78 is 26.3. The van der Waals surface area contributed by atoms with Crippen LogP contribution in [0, 0.1) is 18.8 Å². The number of hydrogen-bond donors (Lipinski definition) is 2. The van der Waals surface area contributed by atoms with Crippen molar-refractivity contribution >= 4 is 10.0 Å². The Morgan fingerprint density at radius 3 is 2.62 bits per heavy atom. The first kappa shape index (κ1) is 17.7. The quantitative estimate of drug-likeness (QED) is 0.786. The molecule has 116 valence electrons. The van der Waals surface area contributed by atoms with Crippen LogP contribution in [0.15, 0.2) is 23.1 Å². The normalized spacial score (nSPS) is 12.9. The van der Waals surface area contributed by atoms with E-state index in [0.717, 1.165) is 5.56 Å². The SMILES string of the molecule is Cc1ccc(S(=O)(=O)N(C)CCC(C)O)c(C#CCO)c1. The fourth-order valence-electron chi connectivity index (χ4n) is 1.76. The first-order valence-electron chi connectivity index (χ1n) is 6.64. The number of nitrogens with zero attached hydrogens (tertiary/aromatic N) is 1. The van der Waals surface area contributed by atoms with Gasteiger partial charge in [-0.3, -0.25) is 0 Å². The molecule has 1 aromatic rings. The predicted octanol–water partition coefficient (Wildman–Crippen LogP) is 0.730. The molecule has 1 aromatic carbocycles. The van der Waals surface area contributed by atoms with Gasteiger partial charge in [-0.15, -0.1) is 0 Å². The Morgan fingerprint density at radius 2 is 2.05 bits per heavy atom. The van der Waals surface area contributed by atoms with Crippen molar-refractivity contribution in [2.45, 2.75) is 31.3 Å². The number of aliphatic hydroxyl groups excluding tert-OH is 2. The van der Waals surface area contributed by atoms with Crippen LogP contribution in [0.2, 0.25) is 0 Å². The van der Waals surface area contributed by atoms with Crippen LogP contribution in [-0.2, 0) is 10.0 Å². The highest BCUT2D eigenvalue weighted by Gasteiger charge is 2.23. The van der Waals surface area contributed by atoms with Crippen LogP contribution in [0.25, 0.3) is 0 Å². The number of sulfonamides is 1. The fourth-order valence-corrected chi connectivity index (χ4v) is 3.07. The van der Waals surface area contributed by atoms with Gasteiger partial charge in [-0.05, 0) is 38.0 Å². The molecule has 0 aliphatic rings. The lowest BCUT2D eigenvalue weighted by molar-refractivity contribution is 0.177. The van der Waals surface area contributed by atoms with E-state index in [2.05, 4.69) is 11.8 Å². The zero-order valence-corrected chi connectivity index (χ0v) is 13.3. The van der Waals surface area contributed by atoms with Crippen molar-refractivity contribution < 1.29 is 18.6 Å². The highest BCUT2D eigenvalue weighted by atomic mass is 32.2. The third-order valence-corrected chi connectivity index (χ3v) is 4.90. The van der Waals surface area contributed by atoms with Crippen LogP contribution in [-0.4, -0.2) is 49.2 Å². The summed E-state index contributed by atoms with van der Waals surface area (Å²) >= 11 is 0. The number of hydrogen-bond acceptors (Lipinski definition) is 4. The van der Waals surface area contributed by atoms with Crippen LogP contribution >= 0.6 is 0 Å². The van der Waals surface area contributed by atoms with Crippen molar-refractivity contribution in [2.24, 2.45) is 0 Å². The Bertz CT molecular complexity index is 641. The lowest BCUT2D eigenvalue weighted by atomic mass is 10.1. The van der Waals surface area contributed by atoms with Crippen molar-refractivity contribution in [1.29, 1.82) is 0 Å². The topological polar surface area (TPSA) is 77.8 Å². The first-order valence-corrected chi connectivity index (χ1v) is 8.08. The monoisotopic (exact) mass is 311 g/mol. The minimum atomic E-state index is -3.67. The van der Waals surface area contributed by atoms with Gasteiger partial charge in [0, 0.05) is 19.2 Å². The van der Waals surface area contributed by atoms with Gasteiger partial charge in [-0.25, -0.2) is 12.7 Å². The van der Waals surface area contributed by atoms with Crippen LogP contribution < -0.4 is 0 Å². The van der Waals surface area contributed by atoms with E-state index in [1.165, 1.54) is 17.4 Å². The minimum absolute atomic E-state index is 0.113. The first-order chi connectivity index (χ1) is 9.78. The van der Waals surface area contributed by atoms with E-state index >= 15 is 0 Å². The summed E-state index contributed by atoms with van der Waals surface area (Å²) in [7, 11) is -2.20. The van der Waals surface area contributed by atoms with E-state index in [1.54, 1.807) is 19.1 Å². The molecule has 0 heterocycles. The van der Waals surface area contributed by atoms with Gasteiger partial charge < -0.3 is 10.2 Å². The molecule has 1 atom stereocenters. The molecule has 0 fully saturated rings. The van der Waals surface area contributed by atoms with Crippen LogP contribution in [0.5, 0.6) is 0 Å². The minimum Gasteiger partial charge on any atom is -0.393 e. The molecule has 2 N–H and O–H groups in total. The molecule has 1 unspecified atom stereocenters.